The van der Waals surface area contributed by atoms with E-state index < -0.39 is 0 Å². The summed E-state index contributed by atoms with van der Waals surface area (Å²) in [5, 5.41) is 2.76. The summed E-state index contributed by atoms with van der Waals surface area (Å²) in [6, 6.07) is 17.8. The van der Waals surface area contributed by atoms with Crippen LogP contribution in [0.3, 0.4) is 0 Å². The largest absolute Gasteiger partial charge is 0.352 e. The van der Waals surface area contributed by atoms with Crippen LogP contribution in [0.4, 0.5) is 0 Å². The Morgan fingerprint density at radius 3 is 2.29 bits per heavy atom. The van der Waals surface area contributed by atoms with Gasteiger partial charge >= 0.3 is 0 Å². The highest BCUT2D eigenvalue weighted by Gasteiger charge is 2.21. The predicted octanol–water partition coefficient (Wildman–Crippen LogP) is 2.79. The summed E-state index contributed by atoms with van der Waals surface area (Å²) in [6.45, 7) is 6.12. The van der Waals surface area contributed by atoms with Gasteiger partial charge in [0.05, 0.1) is 0 Å². The molecule has 0 saturated carbocycles. The number of hydrogen-bond acceptors (Lipinski definition) is 3. The van der Waals surface area contributed by atoms with Crippen LogP contribution in [0, 0.1) is 0 Å². The van der Waals surface area contributed by atoms with Gasteiger partial charge in [-0.25, -0.2) is 0 Å². The van der Waals surface area contributed by atoms with E-state index in [9.17, 15) is 9.59 Å². The molecular weight excluding hydrogens is 350 g/mol. The highest BCUT2D eigenvalue weighted by Crippen LogP contribution is 2.11. The SMILES string of the molecule is CC(=O)NCc1ccc(C(=O)N2CCN(C/C=C/c3ccccc3)CC2)cc1. The number of nitrogens with one attached hydrogen (secondary N) is 1. The Hall–Kier alpha value is -2.92. The van der Waals surface area contributed by atoms with Crippen molar-refractivity contribution < 1.29 is 9.59 Å². The molecule has 0 bridgehead atoms. The third kappa shape index (κ3) is 5.79. The zero-order chi connectivity index (χ0) is 19.8. The monoisotopic (exact) mass is 377 g/mol. The average molecular weight is 377 g/mol. The zero-order valence-electron chi connectivity index (χ0n) is 16.3. The minimum absolute atomic E-state index is 0.0587. The number of rotatable bonds is 6. The Morgan fingerprint density at radius 1 is 0.964 bits per heavy atom. The Morgan fingerprint density at radius 2 is 1.64 bits per heavy atom. The van der Waals surface area contributed by atoms with Gasteiger partial charge in [-0.3, -0.25) is 14.5 Å². The zero-order valence-corrected chi connectivity index (χ0v) is 16.3. The van der Waals surface area contributed by atoms with Crippen molar-refractivity contribution in [3.8, 4) is 0 Å². The summed E-state index contributed by atoms with van der Waals surface area (Å²) in [5.74, 6) is 0.0159. The van der Waals surface area contributed by atoms with Gasteiger partial charge < -0.3 is 10.2 Å². The molecule has 1 aliphatic heterocycles. The molecule has 1 aliphatic rings. The van der Waals surface area contributed by atoms with Crippen molar-refractivity contribution in [2.45, 2.75) is 13.5 Å². The van der Waals surface area contributed by atoms with E-state index in [2.05, 4.69) is 34.5 Å². The molecule has 5 nitrogen and oxygen atoms in total. The van der Waals surface area contributed by atoms with Gasteiger partial charge in [-0.1, -0.05) is 54.6 Å². The van der Waals surface area contributed by atoms with Gasteiger partial charge in [-0.05, 0) is 23.3 Å². The van der Waals surface area contributed by atoms with E-state index in [0.717, 1.165) is 38.3 Å². The van der Waals surface area contributed by atoms with Gasteiger partial charge in [0.25, 0.3) is 5.91 Å². The number of nitrogens with zero attached hydrogens (tertiary/aromatic N) is 2. The van der Waals surface area contributed by atoms with Crippen molar-refractivity contribution >= 4 is 17.9 Å². The third-order valence-electron chi connectivity index (χ3n) is 4.88. The number of carbonyl (C=O) groups is 2. The first kappa shape index (κ1) is 19.8. The van der Waals surface area contributed by atoms with E-state index in [1.165, 1.54) is 12.5 Å². The fourth-order valence-corrected chi connectivity index (χ4v) is 3.21. The minimum Gasteiger partial charge on any atom is -0.352 e. The van der Waals surface area contributed by atoms with Crippen LogP contribution in [0.1, 0.15) is 28.4 Å². The van der Waals surface area contributed by atoms with E-state index >= 15 is 0 Å². The smallest absolute Gasteiger partial charge is 0.253 e. The van der Waals surface area contributed by atoms with E-state index in [0.29, 0.717) is 12.1 Å². The van der Waals surface area contributed by atoms with E-state index in [4.69, 9.17) is 0 Å². The van der Waals surface area contributed by atoms with Gasteiger partial charge in [0.1, 0.15) is 0 Å². The molecule has 1 fully saturated rings. The quantitative estimate of drug-likeness (QED) is 0.842. The Balaban J connectivity index is 1.45. The third-order valence-corrected chi connectivity index (χ3v) is 4.88. The number of piperazine rings is 1. The van der Waals surface area contributed by atoms with Crippen LogP contribution in [0.25, 0.3) is 6.08 Å². The van der Waals surface area contributed by atoms with Crippen molar-refractivity contribution in [1.82, 2.24) is 15.1 Å². The fourth-order valence-electron chi connectivity index (χ4n) is 3.21. The highest BCUT2D eigenvalue weighted by atomic mass is 16.2. The van der Waals surface area contributed by atoms with E-state index in [1.54, 1.807) is 0 Å². The van der Waals surface area contributed by atoms with E-state index in [-0.39, 0.29) is 11.8 Å². The molecule has 2 amide bonds. The van der Waals surface area contributed by atoms with Crippen LogP contribution in [0.15, 0.2) is 60.7 Å². The van der Waals surface area contributed by atoms with Gasteiger partial charge in [0, 0.05) is 51.8 Å². The summed E-state index contributed by atoms with van der Waals surface area (Å²) in [5.41, 5.74) is 2.89. The predicted molar refractivity (Wildman–Crippen MR) is 112 cm³/mol. The van der Waals surface area contributed by atoms with Gasteiger partial charge in [0.15, 0.2) is 0 Å². The minimum atomic E-state index is -0.0587. The maximum absolute atomic E-state index is 12.7. The number of hydrogen-bond donors (Lipinski definition) is 1. The molecule has 1 saturated heterocycles. The summed E-state index contributed by atoms with van der Waals surface area (Å²) in [6.07, 6.45) is 4.32. The lowest BCUT2D eigenvalue weighted by molar-refractivity contribution is -0.119. The summed E-state index contributed by atoms with van der Waals surface area (Å²) in [4.78, 5) is 28.0. The second-order valence-electron chi connectivity index (χ2n) is 7.01. The highest BCUT2D eigenvalue weighted by molar-refractivity contribution is 5.94. The lowest BCUT2D eigenvalue weighted by Gasteiger charge is -2.34. The number of carbonyl (C=O) groups excluding carboxylic acids is 2. The lowest BCUT2D eigenvalue weighted by atomic mass is 10.1. The van der Waals surface area contributed by atoms with Crippen molar-refractivity contribution in [3.05, 3.63) is 77.4 Å². The van der Waals surface area contributed by atoms with Crippen LogP contribution in [-0.4, -0.2) is 54.3 Å². The lowest BCUT2D eigenvalue weighted by Crippen LogP contribution is -2.48. The molecule has 1 heterocycles. The molecule has 0 aliphatic carbocycles. The van der Waals surface area contributed by atoms with Gasteiger partial charge in [-0.2, -0.15) is 0 Å². The molecule has 0 aromatic heterocycles. The molecule has 3 rings (SSSR count). The molecule has 0 unspecified atom stereocenters. The maximum atomic E-state index is 12.7. The molecule has 28 heavy (non-hydrogen) atoms. The normalized spacial score (nSPS) is 15.0. The standard InChI is InChI=1S/C23H27N3O2/c1-19(27)24-18-21-9-11-22(12-10-21)23(28)26-16-14-25(15-17-26)13-5-8-20-6-3-2-4-7-20/h2-12H,13-18H2,1H3,(H,24,27)/b8-5+. The van der Waals surface area contributed by atoms with Crippen molar-refractivity contribution in [1.29, 1.82) is 0 Å². The van der Waals surface area contributed by atoms with Crippen LogP contribution >= 0.6 is 0 Å². The fraction of sp³-hybridized carbons (Fsp3) is 0.304. The molecular formula is C23H27N3O2. The Kier molecular flexibility index (Phi) is 6.98. The first-order valence-electron chi connectivity index (χ1n) is 9.68. The van der Waals surface area contributed by atoms with Gasteiger partial charge in [0.2, 0.25) is 5.91 Å². The second-order valence-corrected chi connectivity index (χ2v) is 7.01. The van der Waals surface area contributed by atoms with Crippen LogP contribution in [-0.2, 0) is 11.3 Å². The Bertz CT molecular complexity index is 808. The molecule has 2 aromatic carbocycles. The number of benzene rings is 2. The molecule has 1 N–H and O–H groups in total. The topological polar surface area (TPSA) is 52.7 Å². The summed E-state index contributed by atoms with van der Waals surface area (Å²) >= 11 is 0. The summed E-state index contributed by atoms with van der Waals surface area (Å²) in [7, 11) is 0. The Labute approximate surface area is 166 Å². The van der Waals surface area contributed by atoms with Crippen LogP contribution < -0.4 is 5.32 Å². The average Bonchev–Trinajstić information content (AvgIpc) is 2.73. The van der Waals surface area contributed by atoms with Crippen molar-refractivity contribution in [2.24, 2.45) is 0 Å². The molecule has 0 radical (unpaired) electrons. The van der Waals surface area contributed by atoms with Crippen LogP contribution in [0.2, 0.25) is 0 Å². The molecule has 146 valence electrons. The van der Waals surface area contributed by atoms with Crippen molar-refractivity contribution in [2.75, 3.05) is 32.7 Å². The first-order chi connectivity index (χ1) is 13.6. The number of amides is 2. The molecule has 0 spiro atoms. The molecule has 2 aromatic rings. The molecule has 0 atom stereocenters. The van der Waals surface area contributed by atoms with E-state index in [1.807, 2.05) is 47.4 Å². The van der Waals surface area contributed by atoms with Crippen LogP contribution in [0.5, 0.6) is 0 Å². The van der Waals surface area contributed by atoms with Gasteiger partial charge in [-0.15, -0.1) is 0 Å². The second kappa shape index (κ2) is 9.85. The summed E-state index contributed by atoms with van der Waals surface area (Å²) < 4.78 is 0. The first-order valence-corrected chi connectivity index (χ1v) is 9.68. The van der Waals surface area contributed by atoms with Crippen molar-refractivity contribution in [3.63, 3.8) is 0 Å². The maximum Gasteiger partial charge on any atom is 0.253 e. The molecule has 5 heteroatoms.